The number of hydrogen-bond acceptors (Lipinski definition) is 3. The first-order valence-corrected chi connectivity index (χ1v) is 6.25. The van der Waals surface area contributed by atoms with Gasteiger partial charge in [-0.3, -0.25) is 4.79 Å². The third-order valence-corrected chi connectivity index (χ3v) is 3.06. The van der Waals surface area contributed by atoms with Crippen molar-refractivity contribution in [3.05, 3.63) is 59.7 Å². The molecule has 0 bridgehead atoms. The van der Waals surface area contributed by atoms with E-state index in [1.54, 1.807) is 42.5 Å². The van der Waals surface area contributed by atoms with Crippen molar-refractivity contribution in [3.63, 3.8) is 0 Å². The van der Waals surface area contributed by atoms with Gasteiger partial charge in [-0.1, -0.05) is 24.3 Å². The van der Waals surface area contributed by atoms with Gasteiger partial charge in [-0.2, -0.15) is 8.78 Å². The van der Waals surface area contributed by atoms with Gasteiger partial charge in [-0.25, -0.2) is 0 Å². The first-order chi connectivity index (χ1) is 10.1. The molecular formula is C15H11F2NO3. The number of carbonyl (C=O) groups is 1. The zero-order valence-corrected chi connectivity index (χ0v) is 10.8. The van der Waals surface area contributed by atoms with Gasteiger partial charge in [-0.15, -0.1) is 0 Å². The number of para-hydroxylation sites is 2. The average Bonchev–Trinajstić information content (AvgIpc) is 2.47. The fourth-order valence-electron chi connectivity index (χ4n) is 2.15. The highest BCUT2D eigenvalue weighted by atomic mass is 19.3. The number of ether oxygens (including phenoxy) is 2. The molecule has 0 fully saturated rings. The Morgan fingerprint density at radius 2 is 1.81 bits per heavy atom. The van der Waals surface area contributed by atoms with E-state index in [1.807, 2.05) is 0 Å². The highest BCUT2D eigenvalue weighted by Crippen LogP contribution is 2.33. The molecular weight excluding hydrogens is 280 g/mol. The summed E-state index contributed by atoms with van der Waals surface area (Å²) in [4.78, 5) is 12.0. The topological polar surface area (TPSA) is 47.6 Å². The molecule has 0 spiro atoms. The minimum Gasteiger partial charge on any atom is -0.465 e. The van der Waals surface area contributed by atoms with Crippen LogP contribution < -0.4 is 14.8 Å². The van der Waals surface area contributed by atoms with Crippen LogP contribution in [-0.2, 0) is 0 Å². The van der Waals surface area contributed by atoms with Crippen LogP contribution in [0.1, 0.15) is 22.1 Å². The summed E-state index contributed by atoms with van der Waals surface area (Å²) >= 11 is 0. The maximum Gasteiger partial charge on any atom is 0.387 e. The average molecular weight is 291 g/mol. The van der Waals surface area contributed by atoms with E-state index >= 15 is 0 Å². The quantitative estimate of drug-likeness (QED) is 0.945. The standard InChI is InChI=1S/C15H11F2NO3/c16-15(17)21-12-8-4-2-6-10(12)14-18-13(19)9-5-1-3-7-11(9)20-14/h1-8,14-15H,(H,18,19)/t14-/m0/s1. The van der Waals surface area contributed by atoms with E-state index in [2.05, 4.69) is 10.1 Å². The number of fused-ring (bicyclic) bond motifs is 1. The van der Waals surface area contributed by atoms with Crippen LogP contribution in [0.4, 0.5) is 8.78 Å². The van der Waals surface area contributed by atoms with Gasteiger partial charge in [-0.05, 0) is 24.3 Å². The molecule has 1 heterocycles. The molecule has 0 saturated heterocycles. The molecule has 0 radical (unpaired) electrons. The zero-order chi connectivity index (χ0) is 14.8. The molecule has 108 valence electrons. The molecule has 3 rings (SSSR count). The largest absolute Gasteiger partial charge is 0.465 e. The minimum atomic E-state index is -2.95. The number of alkyl halides is 2. The van der Waals surface area contributed by atoms with Crippen LogP contribution in [0.15, 0.2) is 48.5 Å². The third-order valence-electron chi connectivity index (χ3n) is 3.06. The van der Waals surface area contributed by atoms with Crippen molar-refractivity contribution in [1.29, 1.82) is 0 Å². The van der Waals surface area contributed by atoms with Gasteiger partial charge >= 0.3 is 6.61 Å². The fourth-order valence-corrected chi connectivity index (χ4v) is 2.15. The Labute approximate surface area is 119 Å². The summed E-state index contributed by atoms with van der Waals surface area (Å²) in [6, 6.07) is 12.9. The lowest BCUT2D eigenvalue weighted by atomic mass is 10.1. The Kier molecular flexibility index (Phi) is 3.43. The predicted molar refractivity (Wildman–Crippen MR) is 70.4 cm³/mol. The molecule has 1 aliphatic heterocycles. The Bertz CT molecular complexity index is 675. The lowest BCUT2D eigenvalue weighted by molar-refractivity contribution is -0.0515. The lowest BCUT2D eigenvalue weighted by Crippen LogP contribution is -2.37. The van der Waals surface area contributed by atoms with Crippen molar-refractivity contribution in [2.75, 3.05) is 0 Å². The summed E-state index contributed by atoms with van der Waals surface area (Å²) in [6.07, 6.45) is -0.873. The van der Waals surface area contributed by atoms with Crippen LogP contribution in [0.25, 0.3) is 0 Å². The van der Waals surface area contributed by atoms with E-state index in [0.29, 0.717) is 16.9 Å². The van der Waals surface area contributed by atoms with Crippen LogP contribution in [0, 0.1) is 0 Å². The molecule has 0 unspecified atom stereocenters. The molecule has 0 aromatic heterocycles. The van der Waals surface area contributed by atoms with Gasteiger partial charge in [0.25, 0.3) is 5.91 Å². The molecule has 0 saturated carbocycles. The number of carbonyl (C=O) groups excluding carboxylic acids is 1. The van der Waals surface area contributed by atoms with Gasteiger partial charge in [0.15, 0.2) is 0 Å². The number of rotatable bonds is 3. The molecule has 1 N–H and O–H groups in total. The normalized spacial score (nSPS) is 16.9. The Hall–Kier alpha value is -2.63. The number of hydrogen-bond donors (Lipinski definition) is 1. The predicted octanol–water partition coefficient (Wildman–Crippen LogP) is 3.11. The Morgan fingerprint density at radius 1 is 1.10 bits per heavy atom. The van der Waals surface area contributed by atoms with E-state index < -0.39 is 12.8 Å². The van der Waals surface area contributed by atoms with Crippen molar-refractivity contribution < 1.29 is 23.0 Å². The summed E-state index contributed by atoms with van der Waals surface area (Å²) in [5.41, 5.74) is 0.738. The highest BCUT2D eigenvalue weighted by Gasteiger charge is 2.28. The van der Waals surface area contributed by atoms with Crippen LogP contribution in [-0.4, -0.2) is 12.5 Å². The minimum absolute atomic E-state index is 0.0304. The monoisotopic (exact) mass is 291 g/mol. The second kappa shape index (κ2) is 5.40. The van der Waals surface area contributed by atoms with Gasteiger partial charge in [0.05, 0.1) is 11.1 Å². The molecule has 4 nitrogen and oxygen atoms in total. The van der Waals surface area contributed by atoms with E-state index in [1.165, 1.54) is 6.07 Å². The zero-order valence-electron chi connectivity index (χ0n) is 10.8. The van der Waals surface area contributed by atoms with Gasteiger partial charge < -0.3 is 14.8 Å². The maximum atomic E-state index is 12.4. The van der Waals surface area contributed by atoms with E-state index in [-0.39, 0.29) is 11.7 Å². The molecule has 2 aromatic carbocycles. The van der Waals surface area contributed by atoms with Crippen LogP contribution in [0.5, 0.6) is 11.5 Å². The second-order valence-corrected chi connectivity index (χ2v) is 4.38. The Morgan fingerprint density at radius 3 is 2.62 bits per heavy atom. The summed E-state index contributed by atoms with van der Waals surface area (Å²) in [7, 11) is 0. The highest BCUT2D eigenvalue weighted by molar-refractivity contribution is 5.98. The Balaban J connectivity index is 1.94. The van der Waals surface area contributed by atoms with E-state index in [9.17, 15) is 13.6 Å². The van der Waals surface area contributed by atoms with Crippen molar-refractivity contribution in [1.82, 2.24) is 5.32 Å². The lowest BCUT2D eigenvalue weighted by Gasteiger charge is -2.28. The first-order valence-electron chi connectivity index (χ1n) is 6.25. The molecule has 0 aliphatic carbocycles. The molecule has 1 aliphatic rings. The number of halogens is 2. The van der Waals surface area contributed by atoms with Gasteiger partial charge in [0, 0.05) is 0 Å². The van der Waals surface area contributed by atoms with Crippen molar-refractivity contribution in [2.24, 2.45) is 0 Å². The SMILES string of the molecule is O=C1N[C@H](c2ccccc2OC(F)F)Oc2ccccc21. The van der Waals surface area contributed by atoms with Gasteiger partial charge in [0.1, 0.15) is 11.5 Å². The van der Waals surface area contributed by atoms with Gasteiger partial charge in [0.2, 0.25) is 6.23 Å². The van der Waals surface area contributed by atoms with Crippen LogP contribution >= 0.6 is 0 Å². The third kappa shape index (κ3) is 2.65. The summed E-state index contributed by atoms with van der Waals surface area (Å²) in [5.74, 6) is 0.0454. The summed E-state index contributed by atoms with van der Waals surface area (Å²) in [6.45, 7) is -2.95. The number of nitrogens with one attached hydrogen (secondary N) is 1. The summed E-state index contributed by atoms with van der Waals surface area (Å²) < 4.78 is 35.0. The van der Waals surface area contributed by atoms with E-state index in [0.717, 1.165) is 0 Å². The second-order valence-electron chi connectivity index (χ2n) is 4.38. The van der Waals surface area contributed by atoms with Crippen molar-refractivity contribution in [2.45, 2.75) is 12.8 Å². The van der Waals surface area contributed by atoms with Crippen molar-refractivity contribution in [3.8, 4) is 11.5 Å². The molecule has 21 heavy (non-hydrogen) atoms. The fraction of sp³-hybridized carbons (Fsp3) is 0.133. The molecule has 2 aromatic rings. The smallest absolute Gasteiger partial charge is 0.387 e. The number of benzene rings is 2. The van der Waals surface area contributed by atoms with E-state index in [4.69, 9.17) is 4.74 Å². The molecule has 1 amide bonds. The number of amides is 1. The van der Waals surface area contributed by atoms with Crippen LogP contribution in [0.3, 0.4) is 0 Å². The van der Waals surface area contributed by atoms with Crippen molar-refractivity contribution >= 4 is 5.91 Å². The first kappa shape index (κ1) is 13.4. The molecule has 6 heteroatoms. The molecule has 1 atom stereocenters. The maximum absolute atomic E-state index is 12.4. The summed E-state index contributed by atoms with van der Waals surface area (Å²) in [5, 5.41) is 2.62. The van der Waals surface area contributed by atoms with Crippen LogP contribution in [0.2, 0.25) is 0 Å².